The summed E-state index contributed by atoms with van der Waals surface area (Å²) in [6, 6.07) is 0. The van der Waals surface area contributed by atoms with Crippen LogP contribution in [0.4, 0.5) is 0 Å². The number of amidine groups is 1. The van der Waals surface area contributed by atoms with Crippen molar-refractivity contribution in [3.8, 4) is 0 Å². The van der Waals surface area contributed by atoms with Gasteiger partial charge in [-0.1, -0.05) is 0 Å². The van der Waals surface area contributed by atoms with Crippen molar-refractivity contribution in [2.45, 2.75) is 10.9 Å². The maximum absolute atomic E-state index is 11.0. The molecule has 1 rings (SSSR count). The molecule has 0 amide bonds. The van der Waals surface area contributed by atoms with E-state index in [0.717, 1.165) is 0 Å². The Morgan fingerprint density at radius 1 is 1.58 bits per heavy atom. The van der Waals surface area contributed by atoms with Gasteiger partial charge in [-0.05, 0) is 0 Å². The number of hydrogen-bond donors (Lipinski definition) is 3. The molecule has 1 fully saturated rings. The molecule has 0 spiro atoms. The summed E-state index contributed by atoms with van der Waals surface area (Å²) in [5.74, 6) is -0.194. The van der Waals surface area contributed by atoms with E-state index in [1.165, 1.54) is 0 Å². The van der Waals surface area contributed by atoms with E-state index in [1.807, 2.05) is 0 Å². The summed E-state index contributed by atoms with van der Waals surface area (Å²) < 4.78 is 21.9. The molecule has 1 heterocycles. The molecule has 7 heteroatoms. The topological polar surface area (TPSA) is 104 Å². The Kier molecular flexibility index (Phi) is 2.77. The molecule has 0 radical (unpaired) electrons. The Labute approximate surface area is 76.9 Å². The fourth-order valence-electron chi connectivity index (χ4n) is 1.07. The summed E-state index contributed by atoms with van der Waals surface area (Å²) in [5, 5.41) is 16.2. The van der Waals surface area contributed by atoms with Gasteiger partial charge < -0.3 is 0 Å². The SMILES string of the molecule is N=C(N)[Se]C1CS(=O)(=O)CC1O. The summed E-state index contributed by atoms with van der Waals surface area (Å²) in [6.45, 7) is 0. The van der Waals surface area contributed by atoms with E-state index in [-0.39, 0.29) is 36.0 Å². The summed E-state index contributed by atoms with van der Waals surface area (Å²) in [6.07, 6.45) is -0.820. The molecule has 12 heavy (non-hydrogen) atoms. The monoisotopic (exact) mass is 258 g/mol. The van der Waals surface area contributed by atoms with Gasteiger partial charge in [-0.3, -0.25) is 0 Å². The molecule has 4 N–H and O–H groups in total. The molecular formula is C5H10N2O3SSe. The number of sulfone groups is 1. The third kappa shape index (κ3) is 2.45. The molecule has 0 saturated carbocycles. The van der Waals surface area contributed by atoms with E-state index < -0.39 is 15.9 Å². The van der Waals surface area contributed by atoms with Gasteiger partial charge in [0.2, 0.25) is 0 Å². The van der Waals surface area contributed by atoms with Crippen molar-refractivity contribution >= 4 is 29.5 Å². The van der Waals surface area contributed by atoms with E-state index in [1.54, 1.807) is 0 Å². The molecule has 0 aromatic carbocycles. The van der Waals surface area contributed by atoms with Crippen LogP contribution in [0.1, 0.15) is 0 Å². The number of aliphatic hydroxyl groups is 1. The molecule has 1 saturated heterocycles. The van der Waals surface area contributed by atoms with Crippen molar-refractivity contribution < 1.29 is 13.5 Å². The molecular weight excluding hydrogens is 247 g/mol. The first-order valence-corrected chi connectivity index (χ1v) is 6.96. The standard InChI is InChI=1S/C5H10N2O3SSe/c6-5(7)12-4-2-11(9,10)1-3(4)8/h3-4,8H,1-2H2,(H3,6,7). The third-order valence-corrected chi connectivity index (χ3v) is 5.92. The van der Waals surface area contributed by atoms with Crippen LogP contribution in [0.25, 0.3) is 0 Å². The average Bonchev–Trinajstić information content (AvgIpc) is 2.03. The van der Waals surface area contributed by atoms with Crippen LogP contribution in [0, 0.1) is 5.41 Å². The van der Waals surface area contributed by atoms with Gasteiger partial charge in [0.05, 0.1) is 0 Å². The van der Waals surface area contributed by atoms with Gasteiger partial charge in [-0.15, -0.1) is 0 Å². The number of nitrogens with two attached hydrogens (primary N) is 1. The second-order valence-electron chi connectivity index (χ2n) is 2.66. The van der Waals surface area contributed by atoms with Gasteiger partial charge in [-0.2, -0.15) is 0 Å². The zero-order chi connectivity index (χ0) is 9.35. The van der Waals surface area contributed by atoms with Crippen molar-refractivity contribution in [1.82, 2.24) is 0 Å². The second kappa shape index (κ2) is 3.33. The first-order chi connectivity index (χ1) is 5.41. The molecule has 0 aromatic rings. The Morgan fingerprint density at radius 2 is 2.17 bits per heavy atom. The van der Waals surface area contributed by atoms with Gasteiger partial charge in [0.25, 0.3) is 0 Å². The molecule has 1 aliphatic heterocycles. The third-order valence-electron chi connectivity index (χ3n) is 1.55. The molecule has 0 bridgehead atoms. The van der Waals surface area contributed by atoms with Crippen molar-refractivity contribution in [2.75, 3.05) is 11.5 Å². The summed E-state index contributed by atoms with van der Waals surface area (Å²) >= 11 is -0.386. The molecule has 70 valence electrons. The van der Waals surface area contributed by atoms with Crippen LogP contribution < -0.4 is 5.73 Å². The van der Waals surface area contributed by atoms with Gasteiger partial charge >= 0.3 is 76.6 Å². The average molecular weight is 257 g/mol. The normalized spacial score (nSPS) is 33.4. The van der Waals surface area contributed by atoms with E-state index in [0.29, 0.717) is 0 Å². The zero-order valence-electron chi connectivity index (χ0n) is 6.23. The fraction of sp³-hybridized carbons (Fsp3) is 0.800. The van der Waals surface area contributed by atoms with Crippen molar-refractivity contribution in [3.05, 3.63) is 0 Å². The fourth-order valence-corrected chi connectivity index (χ4v) is 5.98. The quantitative estimate of drug-likeness (QED) is 0.307. The first-order valence-electron chi connectivity index (χ1n) is 3.30. The van der Waals surface area contributed by atoms with E-state index in [9.17, 15) is 13.5 Å². The number of aliphatic hydroxyl groups excluding tert-OH is 1. The van der Waals surface area contributed by atoms with Crippen LogP contribution in [0.2, 0.25) is 4.82 Å². The Hall–Kier alpha value is -0.101. The zero-order valence-corrected chi connectivity index (χ0v) is 8.76. The van der Waals surface area contributed by atoms with Crippen LogP contribution in [0.15, 0.2) is 0 Å². The predicted octanol–water partition coefficient (Wildman–Crippen LogP) is -1.84. The Balaban J connectivity index is 2.64. The molecule has 2 atom stereocenters. The number of nitrogens with one attached hydrogen (secondary N) is 1. The van der Waals surface area contributed by atoms with Crippen molar-refractivity contribution in [1.29, 1.82) is 5.41 Å². The number of rotatable bonds is 2. The van der Waals surface area contributed by atoms with E-state index in [4.69, 9.17) is 11.1 Å². The number of hydrogen-bond acceptors (Lipinski definition) is 4. The van der Waals surface area contributed by atoms with E-state index in [2.05, 4.69) is 0 Å². The van der Waals surface area contributed by atoms with Gasteiger partial charge in [0.1, 0.15) is 0 Å². The van der Waals surface area contributed by atoms with Crippen molar-refractivity contribution in [3.63, 3.8) is 0 Å². The van der Waals surface area contributed by atoms with Crippen molar-refractivity contribution in [2.24, 2.45) is 5.73 Å². The molecule has 5 nitrogen and oxygen atoms in total. The summed E-state index contributed by atoms with van der Waals surface area (Å²) in [5.41, 5.74) is 5.13. The summed E-state index contributed by atoms with van der Waals surface area (Å²) in [7, 11) is -3.08. The maximum atomic E-state index is 11.0. The van der Waals surface area contributed by atoms with Crippen LogP contribution in [0.3, 0.4) is 0 Å². The minimum atomic E-state index is -3.08. The van der Waals surface area contributed by atoms with Crippen LogP contribution in [-0.2, 0) is 9.84 Å². The summed E-state index contributed by atoms with van der Waals surface area (Å²) in [4.78, 5) is -0.319. The van der Waals surface area contributed by atoms with Crippen LogP contribution in [-0.4, -0.2) is 50.8 Å². The minimum absolute atomic E-state index is 0.0105. The van der Waals surface area contributed by atoms with Crippen LogP contribution in [0.5, 0.6) is 0 Å². The molecule has 2 unspecified atom stereocenters. The molecule has 1 aliphatic rings. The second-order valence-corrected chi connectivity index (χ2v) is 7.51. The Bertz CT molecular complexity index is 289. The molecule has 0 aliphatic carbocycles. The van der Waals surface area contributed by atoms with Crippen LogP contribution >= 0.6 is 0 Å². The van der Waals surface area contributed by atoms with Gasteiger partial charge in [0.15, 0.2) is 0 Å². The Morgan fingerprint density at radius 3 is 2.50 bits per heavy atom. The predicted molar refractivity (Wildman–Crippen MR) is 46.1 cm³/mol. The van der Waals surface area contributed by atoms with Gasteiger partial charge in [-0.25, -0.2) is 0 Å². The van der Waals surface area contributed by atoms with E-state index >= 15 is 0 Å². The van der Waals surface area contributed by atoms with Gasteiger partial charge in [0, 0.05) is 0 Å². The molecule has 0 aromatic heterocycles. The first kappa shape index (κ1) is 9.98.